The van der Waals surface area contributed by atoms with E-state index < -0.39 is 0 Å². The molecule has 1 aliphatic heterocycles. The normalized spacial score (nSPS) is 29.4. The molecule has 1 aromatic carbocycles. The van der Waals surface area contributed by atoms with Gasteiger partial charge in [-0.05, 0) is 57.3 Å². The standard InChI is InChI=1S/C18H28N2/c1-20-13-11-16(12-14-20)19-18-10-6-5-9-17(18)15-7-3-2-4-8-15/h2-4,7-8,16-19H,5-6,9-14H2,1H3. The summed E-state index contributed by atoms with van der Waals surface area (Å²) in [7, 11) is 2.24. The fourth-order valence-corrected chi connectivity index (χ4v) is 3.91. The van der Waals surface area contributed by atoms with Gasteiger partial charge in [0.15, 0.2) is 0 Å². The quantitative estimate of drug-likeness (QED) is 0.907. The summed E-state index contributed by atoms with van der Waals surface area (Å²) in [5.74, 6) is 0.726. The van der Waals surface area contributed by atoms with Gasteiger partial charge >= 0.3 is 0 Å². The van der Waals surface area contributed by atoms with E-state index in [1.165, 1.54) is 57.2 Å². The molecule has 0 amide bonds. The number of nitrogens with zero attached hydrogens (tertiary/aromatic N) is 1. The SMILES string of the molecule is CN1CCC(NC2CCCCC2c2ccccc2)CC1. The minimum Gasteiger partial charge on any atom is -0.311 e. The molecule has 2 heteroatoms. The molecule has 0 bridgehead atoms. The van der Waals surface area contributed by atoms with Crippen molar-refractivity contribution in [3.63, 3.8) is 0 Å². The zero-order valence-electron chi connectivity index (χ0n) is 12.7. The van der Waals surface area contributed by atoms with E-state index in [1.54, 1.807) is 0 Å². The molecule has 1 heterocycles. The second-order valence-electron chi connectivity index (χ2n) is 6.65. The van der Waals surface area contributed by atoms with Crippen molar-refractivity contribution in [2.24, 2.45) is 0 Å². The molecular formula is C18H28N2. The van der Waals surface area contributed by atoms with E-state index in [0.717, 1.165) is 12.0 Å². The molecule has 2 unspecified atom stereocenters. The molecule has 0 aromatic heterocycles. The Morgan fingerprint density at radius 2 is 1.65 bits per heavy atom. The van der Waals surface area contributed by atoms with E-state index in [1.807, 2.05) is 0 Å². The van der Waals surface area contributed by atoms with Gasteiger partial charge in [-0.25, -0.2) is 0 Å². The zero-order valence-corrected chi connectivity index (χ0v) is 12.7. The van der Waals surface area contributed by atoms with Crippen LogP contribution in [0.2, 0.25) is 0 Å². The molecule has 1 saturated heterocycles. The maximum atomic E-state index is 4.00. The van der Waals surface area contributed by atoms with Crippen LogP contribution in [0.25, 0.3) is 0 Å². The summed E-state index contributed by atoms with van der Waals surface area (Å²) >= 11 is 0. The van der Waals surface area contributed by atoms with Crippen LogP contribution in [0.4, 0.5) is 0 Å². The van der Waals surface area contributed by atoms with Crippen molar-refractivity contribution in [1.82, 2.24) is 10.2 Å². The molecule has 110 valence electrons. The lowest BCUT2D eigenvalue weighted by Crippen LogP contribution is -2.48. The molecule has 1 saturated carbocycles. The number of hydrogen-bond donors (Lipinski definition) is 1. The van der Waals surface area contributed by atoms with E-state index in [0.29, 0.717) is 6.04 Å². The van der Waals surface area contributed by atoms with E-state index in [2.05, 4.69) is 47.6 Å². The Balaban J connectivity index is 1.64. The maximum absolute atomic E-state index is 4.00. The third-order valence-electron chi connectivity index (χ3n) is 5.16. The summed E-state index contributed by atoms with van der Waals surface area (Å²) in [6.07, 6.45) is 8.13. The number of piperidine rings is 1. The van der Waals surface area contributed by atoms with Gasteiger partial charge in [-0.2, -0.15) is 0 Å². The fourth-order valence-electron chi connectivity index (χ4n) is 3.91. The number of hydrogen-bond acceptors (Lipinski definition) is 2. The molecule has 2 atom stereocenters. The average molecular weight is 272 g/mol. The van der Waals surface area contributed by atoms with Crippen molar-refractivity contribution in [2.75, 3.05) is 20.1 Å². The van der Waals surface area contributed by atoms with Crippen LogP contribution in [0.15, 0.2) is 30.3 Å². The van der Waals surface area contributed by atoms with Crippen molar-refractivity contribution in [3.05, 3.63) is 35.9 Å². The number of nitrogens with one attached hydrogen (secondary N) is 1. The van der Waals surface area contributed by atoms with Crippen molar-refractivity contribution < 1.29 is 0 Å². The van der Waals surface area contributed by atoms with Crippen LogP contribution >= 0.6 is 0 Å². The highest BCUT2D eigenvalue weighted by Gasteiger charge is 2.29. The number of benzene rings is 1. The number of rotatable bonds is 3. The molecule has 1 aromatic rings. The van der Waals surface area contributed by atoms with Crippen LogP contribution in [0.1, 0.15) is 50.0 Å². The molecule has 20 heavy (non-hydrogen) atoms. The van der Waals surface area contributed by atoms with Crippen LogP contribution in [-0.4, -0.2) is 37.1 Å². The molecule has 0 radical (unpaired) electrons. The Labute approximate surface area is 123 Å². The summed E-state index contributed by atoms with van der Waals surface area (Å²) in [6, 6.07) is 12.6. The lowest BCUT2D eigenvalue weighted by molar-refractivity contribution is 0.205. The van der Waals surface area contributed by atoms with Crippen molar-refractivity contribution in [3.8, 4) is 0 Å². The summed E-state index contributed by atoms with van der Waals surface area (Å²) < 4.78 is 0. The molecule has 2 aliphatic rings. The molecule has 2 nitrogen and oxygen atoms in total. The topological polar surface area (TPSA) is 15.3 Å². The lowest BCUT2D eigenvalue weighted by atomic mass is 9.79. The van der Waals surface area contributed by atoms with Gasteiger partial charge in [0.2, 0.25) is 0 Å². The van der Waals surface area contributed by atoms with Gasteiger partial charge in [0.05, 0.1) is 0 Å². The predicted molar refractivity (Wildman–Crippen MR) is 85.1 cm³/mol. The Bertz CT molecular complexity index is 395. The highest BCUT2D eigenvalue weighted by atomic mass is 15.1. The average Bonchev–Trinajstić information content (AvgIpc) is 2.51. The van der Waals surface area contributed by atoms with E-state index in [9.17, 15) is 0 Å². The Hall–Kier alpha value is -0.860. The lowest BCUT2D eigenvalue weighted by Gasteiger charge is -2.38. The van der Waals surface area contributed by atoms with Crippen LogP contribution in [0.5, 0.6) is 0 Å². The maximum Gasteiger partial charge on any atom is 0.0138 e. The minimum atomic E-state index is 0.694. The second-order valence-corrected chi connectivity index (χ2v) is 6.65. The first-order valence-corrected chi connectivity index (χ1v) is 8.32. The molecule has 1 N–H and O–H groups in total. The largest absolute Gasteiger partial charge is 0.311 e. The van der Waals surface area contributed by atoms with Gasteiger partial charge < -0.3 is 10.2 Å². The van der Waals surface area contributed by atoms with Crippen molar-refractivity contribution in [1.29, 1.82) is 0 Å². The summed E-state index contributed by atoms with van der Waals surface area (Å²) in [5.41, 5.74) is 1.54. The highest BCUT2D eigenvalue weighted by molar-refractivity contribution is 5.22. The third-order valence-corrected chi connectivity index (χ3v) is 5.16. The fraction of sp³-hybridized carbons (Fsp3) is 0.667. The Kier molecular flexibility index (Phi) is 4.74. The first kappa shape index (κ1) is 14.1. The molecule has 1 aliphatic carbocycles. The summed E-state index contributed by atoms with van der Waals surface area (Å²) in [4.78, 5) is 2.45. The van der Waals surface area contributed by atoms with Gasteiger partial charge in [0.1, 0.15) is 0 Å². The second kappa shape index (κ2) is 6.73. The highest BCUT2D eigenvalue weighted by Crippen LogP contribution is 2.33. The first-order valence-electron chi connectivity index (χ1n) is 8.32. The van der Waals surface area contributed by atoms with Crippen molar-refractivity contribution in [2.45, 2.75) is 56.5 Å². The smallest absolute Gasteiger partial charge is 0.0138 e. The van der Waals surface area contributed by atoms with E-state index in [4.69, 9.17) is 0 Å². The predicted octanol–water partition coefficient (Wildman–Crippen LogP) is 3.40. The monoisotopic (exact) mass is 272 g/mol. The Morgan fingerprint density at radius 1 is 0.950 bits per heavy atom. The molecule has 3 rings (SSSR count). The molecule has 0 spiro atoms. The van der Waals surface area contributed by atoms with Gasteiger partial charge in [0, 0.05) is 12.1 Å². The molecule has 2 fully saturated rings. The van der Waals surface area contributed by atoms with Gasteiger partial charge in [0.25, 0.3) is 0 Å². The van der Waals surface area contributed by atoms with Gasteiger partial charge in [-0.1, -0.05) is 43.2 Å². The van der Waals surface area contributed by atoms with Gasteiger partial charge in [-0.15, -0.1) is 0 Å². The third kappa shape index (κ3) is 3.42. The zero-order chi connectivity index (χ0) is 13.8. The summed E-state index contributed by atoms with van der Waals surface area (Å²) in [5, 5.41) is 4.00. The van der Waals surface area contributed by atoms with E-state index in [-0.39, 0.29) is 0 Å². The van der Waals surface area contributed by atoms with E-state index >= 15 is 0 Å². The van der Waals surface area contributed by atoms with Crippen LogP contribution in [-0.2, 0) is 0 Å². The minimum absolute atomic E-state index is 0.694. The van der Waals surface area contributed by atoms with Gasteiger partial charge in [-0.3, -0.25) is 0 Å². The molecular weight excluding hydrogens is 244 g/mol. The van der Waals surface area contributed by atoms with Crippen molar-refractivity contribution >= 4 is 0 Å². The number of likely N-dealkylation sites (tertiary alicyclic amines) is 1. The van der Waals surface area contributed by atoms with Crippen LogP contribution in [0.3, 0.4) is 0 Å². The first-order chi connectivity index (χ1) is 9.83. The summed E-state index contributed by atoms with van der Waals surface area (Å²) in [6.45, 7) is 2.50. The Morgan fingerprint density at radius 3 is 2.40 bits per heavy atom. The van der Waals surface area contributed by atoms with Crippen LogP contribution < -0.4 is 5.32 Å². The van der Waals surface area contributed by atoms with Crippen LogP contribution in [0, 0.1) is 0 Å².